The first kappa shape index (κ1) is 19.0. The van der Waals surface area contributed by atoms with Crippen LogP contribution in [-0.4, -0.2) is 57.0 Å². The number of nitrogens with one attached hydrogen (secondary N) is 1. The highest BCUT2D eigenvalue weighted by molar-refractivity contribution is 5.93. The van der Waals surface area contributed by atoms with Crippen LogP contribution in [0.3, 0.4) is 0 Å². The predicted molar refractivity (Wildman–Crippen MR) is 116 cm³/mol. The van der Waals surface area contributed by atoms with Gasteiger partial charge in [0.2, 0.25) is 0 Å². The molecular formula is C24H22N4O4. The second kappa shape index (κ2) is 7.19. The first-order chi connectivity index (χ1) is 15.6. The molecule has 8 heteroatoms. The number of para-hydroxylation sites is 2. The van der Waals surface area contributed by atoms with Crippen LogP contribution in [0.4, 0.5) is 4.79 Å². The molecule has 2 fully saturated rings. The van der Waals surface area contributed by atoms with E-state index in [1.165, 1.54) is 5.56 Å². The molecular weight excluding hydrogens is 408 g/mol. The maximum atomic E-state index is 13.0. The van der Waals surface area contributed by atoms with Crippen LogP contribution in [0, 0.1) is 0 Å². The van der Waals surface area contributed by atoms with Crippen molar-refractivity contribution in [3.05, 3.63) is 75.7 Å². The number of benzene rings is 2. The third-order valence-electron chi connectivity index (χ3n) is 6.86. The molecule has 1 aliphatic carbocycles. The van der Waals surface area contributed by atoms with Gasteiger partial charge >= 0.3 is 6.09 Å². The van der Waals surface area contributed by atoms with Crippen LogP contribution >= 0.6 is 0 Å². The molecule has 2 atom stereocenters. The monoisotopic (exact) mass is 430 g/mol. The van der Waals surface area contributed by atoms with E-state index in [1.54, 1.807) is 17.0 Å². The molecule has 8 nitrogen and oxygen atoms in total. The lowest BCUT2D eigenvalue weighted by atomic mass is 9.99. The molecule has 1 N–H and O–H groups in total. The van der Waals surface area contributed by atoms with E-state index in [2.05, 4.69) is 22.1 Å². The van der Waals surface area contributed by atoms with Crippen molar-refractivity contribution < 1.29 is 14.3 Å². The second-order valence-electron chi connectivity index (χ2n) is 8.63. The average Bonchev–Trinajstić information content (AvgIpc) is 3.32. The first-order valence-electron chi connectivity index (χ1n) is 11.0. The van der Waals surface area contributed by atoms with Gasteiger partial charge in [0.1, 0.15) is 6.10 Å². The number of carbonyl (C=O) groups is 2. The minimum absolute atomic E-state index is 0.00412. The highest BCUT2D eigenvalue weighted by atomic mass is 16.6. The van der Waals surface area contributed by atoms with Crippen LogP contribution in [0.25, 0.3) is 11.0 Å². The standard InChI is InChI=1S/C24H22N4O4/c29-22-20(25-17-7-3-4-8-18(17)26-22)23(30)27-11-9-15(10-12-27)28-21-16-6-2-1-5-14(16)13-19(21)32-24(28)31/h1-8,15,19,21H,9-13H2,(H,26,29). The first-order valence-corrected chi connectivity index (χ1v) is 11.0. The number of hydrogen-bond acceptors (Lipinski definition) is 5. The molecule has 32 heavy (non-hydrogen) atoms. The number of aromatic amines is 1. The van der Waals surface area contributed by atoms with E-state index in [-0.39, 0.29) is 35.9 Å². The molecule has 2 saturated heterocycles. The molecule has 2 aromatic carbocycles. The summed E-state index contributed by atoms with van der Waals surface area (Å²) in [5.41, 5.74) is 3.00. The molecule has 1 aromatic heterocycles. The topological polar surface area (TPSA) is 95.6 Å². The Balaban J connectivity index is 1.20. The van der Waals surface area contributed by atoms with Crippen molar-refractivity contribution in [2.45, 2.75) is 37.5 Å². The van der Waals surface area contributed by atoms with Crippen molar-refractivity contribution in [1.29, 1.82) is 0 Å². The van der Waals surface area contributed by atoms with E-state index in [1.807, 2.05) is 29.2 Å². The molecule has 6 rings (SSSR count). The lowest BCUT2D eigenvalue weighted by Crippen LogP contribution is -2.48. The van der Waals surface area contributed by atoms with Gasteiger partial charge in [0.15, 0.2) is 5.69 Å². The van der Waals surface area contributed by atoms with E-state index >= 15 is 0 Å². The lowest BCUT2D eigenvalue weighted by molar-refractivity contribution is 0.0629. The SMILES string of the molecule is O=C(c1nc2ccccc2[nH]c1=O)N1CCC(N2C(=O)OC3Cc4ccccc4C32)CC1. The van der Waals surface area contributed by atoms with Gasteiger partial charge < -0.3 is 14.6 Å². The maximum Gasteiger partial charge on any atom is 0.411 e. The molecule has 162 valence electrons. The van der Waals surface area contributed by atoms with Gasteiger partial charge in [-0.1, -0.05) is 36.4 Å². The Morgan fingerprint density at radius 1 is 1.03 bits per heavy atom. The fourth-order valence-corrected chi connectivity index (χ4v) is 5.32. The number of piperidine rings is 1. The smallest absolute Gasteiger partial charge is 0.411 e. The van der Waals surface area contributed by atoms with Crippen LogP contribution in [0.15, 0.2) is 53.3 Å². The maximum absolute atomic E-state index is 13.0. The zero-order chi connectivity index (χ0) is 21.8. The fraction of sp³-hybridized carbons (Fsp3) is 0.333. The van der Waals surface area contributed by atoms with E-state index in [4.69, 9.17) is 4.74 Å². The molecule has 3 aliphatic rings. The minimum atomic E-state index is -0.482. The zero-order valence-corrected chi connectivity index (χ0v) is 17.4. The minimum Gasteiger partial charge on any atom is -0.443 e. The number of ether oxygens (including phenoxy) is 1. The van der Waals surface area contributed by atoms with Crippen LogP contribution in [-0.2, 0) is 11.2 Å². The van der Waals surface area contributed by atoms with E-state index in [0.717, 1.165) is 12.0 Å². The average molecular weight is 430 g/mol. The molecule has 0 spiro atoms. The van der Waals surface area contributed by atoms with Crippen molar-refractivity contribution >= 4 is 23.0 Å². The van der Waals surface area contributed by atoms with Crippen LogP contribution in [0.5, 0.6) is 0 Å². The number of nitrogens with zero attached hydrogens (tertiary/aromatic N) is 3. The Bertz CT molecular complexity index is 1290. The van der Waals surface area contributed by atoms with Crippen molar-refractivity contribution in [3.8, 4) is 0 Å². The van der Waals surface area contributed by atoms with Gasteiger partial charge in [0.05, 0.1) is 17.1 Å². The van der Waals surface area contributed by atoms with Gasteiger partial charge in [-0.2, -0.15) is 0 Å². The second-order valence-corrected chi connectivity index (χ2v) is 8.63. The molecule has 3 heterocycles. The van der Waals surface area contributed by atoms with Crippen molar-refractivity contribution in [2.24, 2.45) is 0 Å². The molecule has 2 unspecified atom stereocenters. The Kier molecular flexibility index (Phi) is 4.28. The predicted octanol–water partition coefficient (Wildman–Crippen LogP) is 2.65. The number of aromatic nitrogens is 2. The number of fused-ring (bicyclic) bond motifs is 4. The van der Waals surface area contributed by atoms with Gasteiger partial charge in [-0.05, 0) is 36.1 Å². The van der Waals surface area contributed by atoms with Crippen LogP contribution in [0.2, 0.25) is 0 Å². The van der Waals surface area contributed by atoms with Gasteiger partial charge in [-0.15, -0.1) is 0 Å². The summed E-state index contributed by atoms with van der Waals surface area (Å²) in [6.45, 7) is 0.917. The summed E-state index contributed by atoms with van der Waals surface area (Å²) in [6, 6.07) is 15.3. The number of hydrogen-bond donors (Lipinski definition) is 1. The van der Waals surface area contributed by atoms with Crippen LogP contribution in [0.1, 0.15) is 40.5 Å². The summed E-state index contributed by atoms with van der Waals surface area (Å²) in [5, 5.41) is 0. The lowest BCUT2D eigenvalue weighted by Gasteiger charge is -2.37. The highest BCUT2D eigenvalue weighted by Gasteiger charge is 2.50. The number of likely N-dealkylation sites (tertiary alicyclic amines) is 1. The van der Waals surface area contributed by atoms with E-state index in [0.29, 0.717) is 37.0 Å². The Labute approximate surface area is 183 Å². The van der Waals surface area contributed by atoms with Crippen LogP contribution < -0.4 is 5.56 Å². The molecule has 0 saturated carbocycles. The Hall–Kier alpha value is -3.68. The summed E-state index contributed by atoms with van der Waals surface area (Å²) in [6.07, 6.45) is 1.61. The van der Waals surface area contributed by atoms with Gasteiger partial charge in [0, 0.05) is 25.6 Å². The highest BCUT2D eigenvalue weighted by Crippen LogP contribution is 2.44. The summed E-state index contributed by atoms with van der Waals surface area (Å²) in [5.74, 6) is -0.372. The van der Waals surface area contributed by atoms with Gasteiger partial charge in [0.25, 0.3) is 11.5 Å². The summed E-state index contributed by atoms with van der Waals surface area (Å²) in [7, 11) is 0. The number of H-pyrrole nitrogens is 1. The van der Waals surface area contributed by atoms with E-state index < -0.39 is 5.56 Å². The molecule has 3 aromatic rings. The third kappa shape index (κ3) is 2.90. The zero-order valence-electron chi connectivity index (χ0n) is 17.4. The number of rotatable bonds is 2. The summed E-state index contributed by atoms with van der Waals surface area (Å²) >= 11 is 0. The molecule has 2 amide bonds. The van der Waals surface area contributed by atoms with Crippen molar-refractivity contribution in [3.63, 3.8) is 0 Å². The van der Waals surface area contributed by atoms with Gasteiger partial charge in [-0.3, -0.25) is 14.5 Å². The third-order valence-corrected chi connectivity index (χ3v) is 6.86. The van der Waals surface area contributed by atoms with Gasteiger partial charge in [-0.25, -0.2) is 9.78 Å². The van der Waals surface area contributed by atoms with Crippen molar-refractivity contribution in [1.82, 2.24) is 19.8 Å². The molecule has 0 bridgehead atoms. The largest absolute Gasteiger partial charge is 0.443 e. The summed E-state index contributed by atoms with van der Waals surface area (Å²) < 4.78 is 5.68. The molecule has 0 radical (unpaired) electrons. The molecule has 2 aliphatic heterocycles. The Morgan fingerprint density at radius 2 is 1.78 bits per heavy atom. The normalized spacial score (nSPS) is 22.7. The quantitative estimate of drug-likeness (QED) is 0.674. The van der Waals surface area contributed by atoms with Crippen molar-refractivity contribution in [2.75, 3.05) is 13.1 Å². The number of amides is 2. The summed E-state index contributed by atoms with van der Waals surface area (Å²) in [4.78, 5) is 48.7. The number of carbonyl (C=O) groups excluding carboxylic acids is 2. The Morgan fingerprint density at radius 3 is 2.62 bits per heavy atom. The fourth-order valence-electron chi connectivity index (χ4n) is 5.32. The van der Waals surface area contributed by atoms with E-state index in [9.17, 15) is 14.4 Å².